The van der Waals surface area contributed by atoms with Gasteiger partial charge in [-0.3, -0.25) is 5.10 Å². The van der Waals surface area contributed by atoms with Crippen LogP contribution < -0.4 is 0 Å². The van der Waals surface area contributed by atoms with Gasteiger partial charge >= 0.3 is 5.97 Å². The van der Waals surface area contributed by atoms with Gasteiger partial charge in [0.15, 0.2) is 5.65 Å². The predicted octanol–water partition coefficient (Wildman–Crippen LogP) is 2.29. The molecule has 0 unspecified atom stereocenters. The van der Waals surface area contributed by atoms with Crippen LogP contribution in [-0.2, 0) is 4.74 Å². The van der Waals surface area contributed by atoms with Crippen LogP contribution >= 0.6 is 0 Å². The molecule has 0 bridgehead atoms. The van der Waals surface area contributed by atoms with Gasteiger partial charge in [0.2, 0.25) is 0 Å². The Labute approximate surface area is 115 Å². The number of ether oxygens (including phenoxy) is 1. The molecule has 2 heterocycles. The molecular weight excluding hydrogens is 256 g/mol. The standard InChI is InChI=1S/C14H14N4O2/c1-2-8-20-14(19)11-12(10-6-4-3-5-7-10)17-18-9-15-16-13(11)18/h3-7,9,17H,2,8H2,1H3. The lowest BCUT2D eigenvalue weighted by Gasteiger charge is -2.04. The second-order valence-corrected chi connectivity index (χ2v) is 4.39. The van der Waals surface area contributed by atoms with E-state index < -0.39 is 0 Å². The van der Waals surface area contributed by atoms with Gasteiger partial charge in [0, 0.05) is 5.56 Å². The summed E-state index contributed by atoms with van der Waals surface area (Å²) in [5, 5.41) is 10.9. The fourth-order valence-corrected chi connectivity index (χ4v) is 2.05. The third kappa shape index (κ3) is 2.05. The summed E-state index contributed by atoms with van der Waals surface area (Å²) < 4.78 is 6.85. The maximum Gasteiger partial charge on any atom is 0.344 e. The third-order valence-electron chi connectivity index (χ3n) is 2.96. The molecule has 0 saturated carbocycles. The predicted molar refractivity (Wildman–Crippen MR) is 73.3 cm³/mol. The number of aromatic amines is 1. The van der Waals surface area contributed by atoms with Crippen molar-refractivity contribution in [3.05, 3.63) is 42.2 Å². The van der Waals surface area contributed by atoms with Gasteiger partial charge in [0.1, 0.15) is 11.9 Å². The van der Waals surface area contributed by atoms with Gasteiger partial charge in [-0.2, -0.15) is 0 Å². The van der Waals surface area contributed by atoms with Crippen molar-refractivity contribution in [1.82, 2.24) is 19.8 Å². The summed E-state index contributed by atoms with van der Waals surface area (Å²) in [5.74, 6) is -0.384. The summed E-state index contributed by atoms with van der Waals surface area (Å²) in [4.78, 5) is 12.2. The largest absolute Gasteiger partial charge is 0.462 e. The van der Waals surface area contributed by atoms with E-state index in [2.05, 4.69) is 15.3 Å². The van der Waals surface area contributed by atoms with E-state index in [1.54, 1.807) is 4.52 Å². The number of nitrogens with zero attached hydrogens (tertiary/aromatic N) is 3. The molecule has 6 nitrogen and oxygen atoms in total. The zero-order chi connectivity index (χ0) is 13.9. The molecule has 0 radical (unpaired) electrons. The molecule has 0 aliphatic heterocycles. The van der Waals surface area contributed by atoms with Crippen LogP contribution in [0.4, 0.5) is 0 Å². The summed E-state index contributed by atoms with van der Waals surface area (Å²) in [7, 11) is 0. The number of fused-ring (bicyclic) bond motifs is 1. The fraction of sp³-hybridized carbons (Fsp3) is 0.214. The highest BCUT2D eigenvalue weighted by Gasteiger charge is 2.22. The van der Waals surface area contributed by atoms with Gasteiger partial charge < -0.3 is 4.74 Å². The number of esters is 1. The Bertz CT molecular complexity index is 730. The van der Waals surface area contributed by atoms with E-state index >= 15 is 0 Å². The molecule has 0 spiro atoms. The van der Waals surface area contributed by atoms with Crippen molar-refractivity contribution in [3.8, 4) is 11.3 Å². The molecule has 0 amide bonds. The first-order valence-corrected chi connectivity index (χ1v) is 6.45. The molecule has 102 valence electrons. The van der Waals surface area contributed by atoms with Crippen LogP contribution in [0.2, 0.25) is 0 Å². The van der Waals surface area contributed by atoms with Crippen LogP contribution in [0.25, 0.3) is 16.9 Å². The quantitative estimate of drug-likeness (QED) is 0.738. The van der Waals surface area contributed by atoms with Crippen molar-refractivity contribution in [1.29, 1.82) is 0 Å². The first-order chi connectivity index (χ1) is 9.81. The van der Waals surface area contributed by atoms with Gasteiger partial charge in [-0.1, -0.05) is 37.3 Å². The molecule has 2 aromatic heterocycles. The molecule has 0 aliphatic carbocycles. The summed E-state index contributed by atoms with van der Waals surface area (Å²) in [6.45, 7) is 2.34. The number of hydrogen-bond acceptors (Lipinski definition) is 4. The van der Waals surface area contributed by atoms with Crippen LogP contribution in [0, 0.1) is 0 Å². The lowest BCUT2D eigenvalue weighted by molar-refractivity contribution is 0.0508. The van der Waals surface area contributed by atoms with Crippen molar-refractivity contribution in [3.63, 3.8) is 0 Å². The summed E-state index contributed by atoms with van der Waals surface area (Å²) in [6.07, 6.45) is 2.30. The first-order valence-electron chi connectivity index (χ1n) is 6.45. The Morgan fingerprint density at radius 1 is 1.35 bits per heavy atom. The molecule has 0 fully saturated rings. The minimum atomic E-state index is -0.384. The van der Waals surface area contributed by atoms with Crippen molar-refractivity contribution in [2.24, 2.45) is 0 Å². The van der Waals surface area contributed by atoms with Crippen molar-refractivity contribution in [2.75, 3.05) is 6.61 Å². The number of nitrogens with one attached hydrogen (secondary N) is 1. The SMILES string of the molecule is CCCOC(=O)c1c(-c2ccccc2)[nH]n2cnnc12. The highest BCUT2D eigenvalue weighted by Crippen LogP contribution is 2.25. The van der Waals surface area contributed by atoms with Crippen LogP contribution in [0.1, 0.15) is 23.7 Å². The zero-order valence-electron chi connectivity index (χ0n) is 11.0. The maximum absolute atomic E-state index is 12.2. The van der Waals surface area contributed by atoms with Crippen LogP contribution in [0.15, 0.2) is 36.7 Å². The summed E-state index contributed by atoms with van der Waals surface area (Å²) >= 11 is 0. The van der Waals surface area contributed by atoms with Crippen molar-refractivity contribution in [2.45, 2.75) is 13.3 Å². The van der Waals surface area contributed by atoms with E-state index in [4.69, 9.17) is 4.74 Å². The highest BCUT2D eigenvalue weighted by molar-refractivity contribution is 6.02. The number of benzene rings is 1. The monoisotopic (exact) mass is 270 g/mol. The van der Waals surface area contributed by atoms with Gasteiger partial charge in [-0.05, 0) is 6.42 Å². The lowest BCUT2D eigenvalue weighted by atomic mass is 10.1. The molecule has 0 atom stereocenters. The van der Waals surface area contributed by atoms with Crippen LogP contribution in [0.5, 0.6) is 0 Å². The minimum Gasteiger partial charge on any atom is -0.462 e. The van der Waals surface area contributed by atoms with Gasteiger partial charge in [0.05, 0.1) is 12.3 Å². The Balaban J connectivity index is 2.12. The Hall–Kier alpha value is -2.63. The molecular formula is C14H14N4O2. The average molecular weight is 270 g/mol. The zero-order valence-corrected chi connectivity index (χ0v) is 11.0. The number of carbonyl (C=O) groups excluding carboxylic acids is 1. The van der Waals surface area contributed by atoms with E-state index in [9.17, 15) is 4.79 Å². The maximum atomic E-state index is 12.2. The molecule has 1 N–H and O–H groups in total. The topological polar surface area (TPSA) is 72.3 Å². The van der Waals surface area contributed by atoms with Gasteiger partial charge in [-0.15, -0.1) is 10.2 Å². The first kappa shape index (κ1) is 12.4. The van der Waals surface area contributed by atoms with Gasteiger partial charge in [-0.25, -0.2) is 9.31 Å². The molecule has 1 aromatic carbocycles. The third-order valence-corrected chi connectivity index (χ3v) is 2.96. The van der Waals surface area contributed by atoms with Gasteiger partial charge in [0.25, 0.3) is 0 Å². The van der Waals surface area contributed by atoms with E-state index in [1.807, 2.05) is 37.3 Å². The van der Waals surface area contributed by atoms with Crippen LogP contribution in [0.3, 0.4) is 0 Å². The number of hydrogen-bond donors (Lipinski definition) is 1. The second kappa shape index (κ2) is 5.16. The van der Waals surface area contributed by atoms with E-state index in [-0.39, 0.29) is 5.97 Å². The Morgan fingerprint density at radius 3 is 2.90 bits per heavy atom. The van der Waals surface area contributed by atoms with E-state index in [0.29, 0.717) is 23.5 Å². The summed E-state index contributed by atoms with van der Waals surface area (Å²) in [5.41, 5.74) is 2.49. The summed E-state index contributed by atoms with van der Waals surface area (Å²) in [6, 6.07) is 9.61. The Kier molecular flexibility index (Phi) is 3.20. The normalized spacial score (nSPS) is 10.8. The molecule has 0 saturated heterocycles. The smallest absolute Gasteiger partial charge is 0.344 e. The number of rotatable bonds is 4. The minimum absolute atomic E-state index is 0.384. The molecule has 3 rings (SSSR count). The van der Waals surface area contributed by atoms with Crippen molar-refractivity contribution < 1.29 is 9.53 Å². The average Bonchev–Trinajstić information content (AvgIpc) is 3.06. The highest BCUT2D eigenvalue weighted by atomic mass is 16.5. The number of aromatic nitrogens is 4. The van der Waals surface area contributed by atoms with E-state index in [1.165, 1.54) is 6.33 Å². The second-order valence-electron chi connectivity index (χ2n) is 4.39. The molecule has 20 heavy (non-hydrogen) atoms. The molecule has 3 aromatic rings. The molecule has 6 heteroatoms. The number of H-pyrrole nitrogens is 1. The number of carbonyl (C=O) groups is 1. The van der Waals surface area contributed by atoms with E-state index in [0.717, 1.165) is 12.0 Å². The van der Waals surface area contributed by atoms with Crippen LogP contribution in [-0.4, -0.2) is 32.4 Å². The Morgan fingerprint density at radius 2 is 2.15 bits per heavy atom. The lowest BCUT2D eigenvalue weighted by Crippen LogP contribution is -2.07. The molecule has 0 aliphatic rings. The van der Waals surface area contributed by atoms with Crippen molar-refractivity contribution >= 4 is 11.6 Å². The fourth-order valence-electron chi connectivity index (χ4n) is 2.05.